The molecule has 0 N–H and O–H groups in total. The van der Waals surface area contributed by atoms with Crippen molar-refractivity contribution >= 4 is 0 Å². The van der Waals surface area contributed by atoms with E-state index in [1.807, 2.05) is 45.0 Å². The summed E-state index contributed by atoms with van der Waals surface area (Å²) in [6.45, 7) is 5.90. The monoisotopic (exact) mass is 219 g/mol. The summed E-state index contributed by atoms with van der Waals surface area (Å²) in [7, 11) is 1.64. The van der Waals surface area contributed by atoms with Gasteiger partial charge in [0, 0.05) is 10.5 Å². The molecule has 0 saturated carbocycles. The third-order valence-electron chi connectivity index (χ3n) is 2.96. The van der Waals surface area contributed by atoms with Crippen molar-refractivity contribution in [2.75, 3.05) is 7.11 Å². The number of rotatable bonds is 4. The van der Waals surface area contributed by atoms with Crippen LogP contribution in [0.25, 0.3) is 10.4 Å². The molecular formula is C12H17N3O. The lowest BCUT2D eigenvalue weighted by atomic mass is 9.84. The van der Waals surface area contributed by atoms with Crippen LogP contribution in [0.15, 0.2) is 29.4 Å². The highest BCUT2D eigenvalue weighted by atomic mass is 16.5. The van der Waals surface area contributed by atoms with Crippen molar-refractivity contribution < 1.29 is 4.74 Å². The zero-order valence-electron chi connectivity index (χ0n) is 10.1. The van der Waals surface area contributed by atoms with Crippen molar-refractivity contribution in [2.45, 2.75) is 32.2 Å². The molecule has 0 amide bonds. The maximum Gasteiger partial charge on any atom is 0.119 e. The van der Waals surface area contributed by atoms with Crippen molar-refractivity contribution in [2.24, 2.45) is 5.11 Å². The maximum atomic E-state index is 8.53. The van der Waals surface area contributed by atoms with Crippen molar-refractivity contribution in [3.05, 3.63) is 40.3 Å². The van der Waals surface area contributed by atoms with E-state index >= 15 is 0 Å². The van der Waals surface area contributed by atoms with Gasteiger partial charge in [-0.3, -0.25) is 0 Å². The first kappa shape index (κ1) is 12.4. The summed E-state index contributed by atoms with van der Waals surface area (Å²) in [5, 5.41) is 3.83. The predicted octanol–water partition coefficient (Wildman–Crippen LogP) is 3.89. The highest BCUT2D eigenvalue weighted by Crippen LogP contribution is 2.32. The molecule has 16 heavy (non-hydrogen) atoms. The number of hydrogen-bond donors (Lipinski definition) is 0. The van der Waals surface area contributed by atoms with Crippen LogP contribution >= 0.6 is 0 Å². The van der Waals surface area contributed by atoms with Gasteiger partial charge in [0.2, 0.25) is 0 Å². The summed E-state index contributed by atoms with van der Waals surface area (Å²) < 4.78 is 5.17. The smallest absolute Gasteiger partial charge is 0.119 e. The van der Waals surface area contributed by atoms with Gasteiger partial charge in [-0.15, -0.1) is 0 Å². The van der Waals surface area contributed by atoms with Gasteiger partial charge in [-0.2, -0.15) is 0 Å². The largest absolute Gasteiger partial charge is 0.497 e. The third-order valence-corrected chi connectivity index (χ3v) is 2.96. The van der Waals surface area contributed by atoms with Gasteiger partial charge in [0.25, 0.3) is 0 Å². The Morgan fingerprint density at radius 3 is 2.69 bits per heavy atom. The van der Waals surface area contributed by atoms with E-state index < -0.39 is 5.54 Å². The van der Waals surface area contributed by atoms with Gasteiger partial charge in [0.15, 0.2) is 0 Å². The number of hydrogen-bond acceptors (Lipinski definition) is 2. The zero-order valence-corrected chi connectivity index (χ0v) is 10.1. The minimum absolute atomic E-state index is 0.137. The van der Waals surface area contributed by atoms with Crippen LogP contribution in [0.4, 0.5) is 0 Å². The lowest BCUT2D eigenvalue weighted by Gasteiger charge is -2.27. The number of benzene rings is 1. The van der Waals surface area contributed by atoms with Crippen molar-refractivity contribution in [1.29, 1.82) is 0 Å². The lowest BCUT2D eigenvalue weighted by Crippen LogP contribution is -2.24. The standard InChI is InChI=1S/C12H17N3O/c1-9(12(2,3)14-15-13)10-6-5-7-11(8-10)16-4/h5-9H,1-4H3. The number of nitrogens with zero attached hydrogens (tertiary/aromatic N) is 3. The Balaban J connectivity index is 3.03. The Labute approximate surface area is 95.9 Å². The van der Waals surface area contributed by atoms with E-state index in [2.05, 4.69) is 10.0 Å². The van der Waals surface area contributed by atoms with Crippen LogP contribution in [0.3, 0.4) is 0 Å². The summed E-state index contributed by atoms with van der Waals surface area (Å²) in [5.41, 5.74) is 9.20. The topological polar surface area (TPSA) is 58.0 Å². The molecule has 1 aromatic carbocycles. The van der Waals surface area contributed by atoms with Crippen LogP contribution in [-0.2, 0) is 0 Å². The van der Waals surface area contributed by atoms with Gasteiger partial charge < -0.3 is 4.74 Å². The van der Waals surface area contributed by atoms with E-state index in [0.29, 0.717) is 0 Å². The summed E-state index contributed by atoms with van der Waals surface area (Å²) in [4.78, 5) is 2.89. The van der Waals surface area contributed by atoms with E-state index in [1.165, 1.54) is 0 Å². The minimum Gasteiger partial charge on any atom is -0.497 e. The van der Waals surface area contributed by atoms with Crippen LogP contribution < -0.4 is 4.74 Å². The molecule has 0 aromatic heterocycles. The normalized spacial score (nSPS) is 12.8. The van der Waals surface area contributed by atoms with Gasteiger partial charge >= 0.3 is 0 Å². The molecular weight excluding hydrogens is 202 g/mol. The number of ether oxygens (including phenoxy) is 1. The fourth-order valence-corrected chi connectivity index (χ4v) is 1.52. The summed E-state index contributed by atoms with van der Waals surface area (Å²) in [6.07, 6.45) is 0. The van der Waals surface area contributed by atoms with E-state index in [0.717, 1.165) is 11.3 Å². The first-order valence-corrected chi connectivity index (χ1v) is 5.21. The van der Waals surface area contributed by atoms with Crippen LogP contribution in [0, 0.1) is 0 Å². The zero-order chi connectivity index (χ0) is 12.2. The molecule has 0 saturated heterocycles. The summed E-state index contributed by atoms with van der Waals surface area (Å²) in [6, 6.07) is 7.83. The number of azide groups is 1. The van der Waals surface area contributed by atoms with Crippen molar-refractivity contribution in [3.63, 3.8) is 0 Å². The van der Waals surface area contributed by atoms with Crippen LogP contribution in [0.2, 0.25) is 0 Å². The Morgan fingerprint density at radius 1 is 1.44 bits per heavy atom. The minimum atomic E-state index is -0.443. The highest BCUT2D eigenvalue weighted by Gasteiger charge is 2.25. The molecule has 0 aliphatic carbocycles. The van der Waals surface area contributed by atoms with Crippen LogP contribution in [0.1, 0.15) is 32.3 Å². The molecule has 1 rings (SSSR count). The molecule has 0 bridgehead atoms. The molecule has 0 radical (unpaired) electrons. The first-order valence-electron chi connectivity index (χ1n) is 5.21. The molecule has 1 unspecified atom stereocenters. The molecule has 1 aromatic rings. The van der Waals surface area contributed by atoms with Gasteiger partial charge in [-0.1, -0.05) is 38.0 Å². The van der Waals surface area contributed by atoms with E-state index in [-0.39, 0.29) is 5.92 Å². The first-order chi connectivity index (χ1) is 7.51. The van der Waals surface area contributed by atoms with E-state index in [1.54, 1.807) is 7.11 Å². The Bertz CT molecular complexity index is 408. The molecule has 0 heterocycles. The molecule has 0 fully saturated rings. The SMILES string of the molecule is COc1cccc(C(C)C(C)(C)N=[N+]=[N-])c1. The fraction of sp³-hybridized carbons (Fsp3) is 0.500. The average Bonchev–Trinajstić information content (AvgIpc) is 2.28. The Morgan fingerprint density at radius 2 is 2.12 bits per heavy atom. The van der Waals surface area contributed by atoms with Gasteiger partial charge in [-0.05, 0) is 29.1 Å². The van der Waals surface area contributed by atoms with Crippen LogP contribution in [0.5, 0.6) is 5.75 Å². The quantitative estimate of drug-likeness (QED) is 0.430. The van der Waals surface area contributed by atoms with Gasteiger partial charge in [0.1, 0.15) is 5.75 Å². The second-order valence-corrected chi connectivity index (χ2v) is 4.34. The average molecular weight is 219 g/mol. The Hall–Kier alpha value is -1.67. The number of methoxy groups -OCH3 is 1. The van der Waals surface area contributed by atoms with Crippen molar-refractivity contribution in [1.82, 2.24) is 0 Å². The van der Waals surface area contributed by atoms with Gasteiger partial charge in [0.05, 0.1) is 7.11 Å². The van der Waals surface area contributed by atoms with E-state index in [9.17, 15) is 0 Å². The maximum absolute atomic E-state index is 8.53. The molecule has 4 heteroatoms. The van der Waals surface area contributed by atoms with Gasteiger partial charge in [-0.25, -0.2) is 0 Å². The van der Waals surface area contributed by atoms with E-state index in [4.69, 9.17) is 10.3 Å². The third kappa shape index (κ3) is 2.67. The second kappa shape index (κ2) is 4.90. The molecule has 86 valence electrons. The lowest BCUT2D eigenvalue weighted by molar-refractivity contribution is 0.408. The van der Waals surface area contributed by atoms with Crippen LogP contribution in [-0.4, -0.2) is 12.6 Å². The summed E-state index contributed by atoms with van der Waals surface area (Å²) in [5.74, 6) is 0.958. The Kier molecular flexibility index (Phi) is 3.80. The molecule has 4 nitrogen and oxygen atoms in total. The predicted molar refractivity (Wildman–Crippen MR) is 64.6 cm³/mol. The molecule has 0 aliphatic rings. The molecule has 0 spiro atoms. The second-order valence-electron chi connectivity index (χ2n) is 4.34. The highest BCUT2D eigenvalue weighted by molar-refractivity contribution is 5.32. The fourth-order valence-electron chi connectivity index (χ4n) is 1.52. The summed E-state index contributed by atoms with van der Waals surface area (Å²) >= 11 is 0. The molecule has 1 atom stereocenters. The van der Waals surface area contributed by atoms with Crippen molar-refractivity contribution in [3.8, 4) is 5.75 Å². The molecule has 0 aliphatic heterocycles.